The van der Waals surface area contributed by atoms with Crippen LogP contribution in [0.2, 0.25) is 0 Å². The third-order valence-electron chi connectivity index (χ3n) is 1.81. The third kappa shape index (κ3) is 8.97. The number of unbranched alkanes of at least 4 members (excludes halogenated alkanes) is 1. The molecular weight excluding hydrogens is 202 g/mol. The number of rotatable bonds is 4. The van der Waals surface area contributed by atoms with E-state index in [9.17, 15) is 9.90 Å². The summed E-state index contributed by atoms with van der Waals surface area (Å²) in [6.45, 7) is 3.27. The lowest BCUT2D eigenvalue weighted by molar-refractivity contribution is -0.368. The molecule has 0 fully saturated rings. The van der Waals surface area contributed by atoms with Crippen LogP contribution in [0.15, 0.2) is 36.4 Å². The molecule has 1 rings (SSSR count). The van der Waals surface area contributed by atoms with Crippen LogP contribution < -0.4 is 10.8 Å². The van der Waals surface area contributed by atoms with Gasteiger partial charge >= 0.3 is 0 Å². The van der Waals surface area contributed by atoms with Crippen molar-refractivity contribution < 1.29 is 15.6 Å². The second kappa shape index (κ2) is 9.93. The van der Waals surface area contributed by atoms with Crippen molar-refractivity contribution in [1.82, 2.24) is 0 Å². The largest absolute Gasteiger partial charge is 0.545 e. The van der Waals surface area contributed by atoms with E-state index in [1.165, 1.54) is 18.9 Å². The summed E-state index contributed by atoms with van der Waals surface area (Å²) >= 11 is 0. The summed E-state index contributed by atoms with van der Waals surface area (Å²) in [5.74, 6) is -1.17. The molecule has 0 unspecified atom stereocenters. The predicted octanol–water partition coefficient (Wildman–Crippen LogP) is 0.478. The van der Waals surface area contributed by atoms with Gasteiger partial charge in [0.1, 0.15) is 0 Å². The zero-order chi connectivity index (χ0) is 12.2. The first kappa shape index (κ1) is 14.4. The lowest BCUT2D eigenvalue weighted by Crippen LogP contribution is -2.49. The van der Waals surface area contributed by atoms with Gasteiger partial charge in [-0.2, -0.15) is 0 Å². The summed E-state index contributed by atoms with van der Waals surface area (Å²) in [5, 5.41) is 9.97. The van der Waals surface area contributed by atoms with Crippen LogP contribution >= 0.6 is 0 Å². The Hall–Kier alpha value is -1.61. The molecule has 0 aliphatic rings. The first-order valence-electron chi connectivity index (χ1n) is 5.44. The molecular formula is C13H19NO2. The molecule has 0 aromatic heterocycles. The van der Waals surface area contributed by atoms with Crippen molar-refractivity contribution >= 4 is 12.0 Å². The van der Waals surface area contributed by atoms with Crippen LogP contribution in [0.1, 0.15) is 25.3 Å². The highest BCUT2D eigenvalue weighted by Crippen LogP contribution is 1.99. The van der Waals surface area contributed by atoms with Crippen molar-refractivity contribution in [3.05, 3.63) is 42.0 Å². The minimum atomic E-state index is -1.17. The Morgan fingerprint density at radius 2 is 2.00 bits per heavy atom. The zero-order valence-electron chi connectivity index (χ0n) is 9.69. The maximum atomic E-state index is 9.97. The second-order valence-corrected chi connectivity index (χ2v) is 3.27. The molecule has 0 radical (unpaired) electrons. The minimum absolute atomic E-state index is 0.858. The quantitative estimate of drug-likeness (QED) is 0.751. The Bertz CT molecular complexity index is 305. The van der Waals surface area contributed by atoms with E-state index in [0.29, 0.717) is 0 Å². The van der Waals surface area contributed by atoms with Crippen LogP contribution in [0, 0.1) is 0 Å². The van der Waals surface area contributed by atoms with Crippen LogP contribution in [0.5, 0.6) is 0 Å². The molecule has 3 N–H and O–H groups in total. The number of carbonyl (C=O) groups excluding carboxylic acids is 1. The zero-order valence-corrected chi connectivity index (χ0v) is 9.69. The van der Waals surface area contributed by atoms with E-state index in [4.69, 9.17) is 0 Å². The maximum Gasteiger partial charge on any atom is 0.0739 e. The van der Waals surface area contributed by atoms with Gasteiger partial charge < -0.3 is 15.6 Å². The minimum Gasteiger partial charge on any atom is -0.545 e. The molecule has 0 amide bonds. The summed E-state index contributed by atoms with van der Waals surface area (Å²) in [7, 11) is 0. The third-order valence-corrected chi connectivity index (χ3v) is 1.81. The summed E-state index contributed by atoms with van der Waals surface area (Å²) in [6.07, 6.45) is 5.06. The van der Waals surface area contributed by atoms with Gasteiger partial charge in [-0.05, 0) is 18.1 Å². The highest BCUT2D eigenvalue weighted by atomic mass is 16.4. The number of quaternary nitrogens is 1. The number of benzene rings is 1. The van der Waals surface area contributed by atoms with Gasteiger partial charge in [-0.3, -0.25) is 0 Å². The molecule has 0 heterocycles. The Morgan fingerprint density at radius 1 is 1.38 bits per heavy atom. The molecule has 0 atom stereocenters. The smallest absolute Gasteiger partial charge is 0.0739 e. The molecule has 0 saturated heterocycles. The Kier molecular flexibility index (Phi) is 8.93. The normalized spacial score (nSPS) is 9.62. The molecule has 1 aromatic carbocycles. The highest BCUT2D eigenvalue weighted by molar-refractivity contribution is 5.83. The van der Waals surface area contributed by atoms with E-state index < -0.39 is 5.97 Å². The monoisotopic (exact) mass is 221 g/mol. The van der Waals surface area contributed by atoms with Crippen LogP contribution in [-0.4, -0.2) is 12.5 Å². The highest BCUT2D eigenvalue weighted by Gasteiger charge is 1.80. The van der Waals surface area contributed by atoms with Gasteiger partial charge in [0.25, 0.3) is 0 Å². The van der Waals surface area contributed by atoms with Gasteiger partial charge in [0.15, 0.2) is 0 Å². The van der Waals surface area contributed by atoms with Crippen molar-refractivity contribution in [1.29, 1.82) is 0 Å². The summed E-state index contributed by atoms with van der Waals surface area (Å²) in [4.78, 5) is 9.97. The first-order valence-corrected chi connectivity index (χ1v) is 5.44. The van der Waals surface area contributed by atoms with E-state index in [1.807, 2.05) is 30.3 Å². The van der Waals surface area contributed by atoms with Gasteiger partial charge in [0, 0.05) is 0 Å². The molecule has 1 aromatic rings. The first-order chi connectivity index (χ1) is 7.70. The van der Waals surface area contributed by atoms with Crippen LogP contribution in [-0.2, 0) is 4.79 Å². The molecule has 3 heteroatoms. The number of carboxylic acids is 1. The molecule has 0 saturated carbocycles. The molecule has 0 aliphatic carbocycles. The molecule has 0 aliphatic heterocycles. The van der Waals surface area contributed by atoms with Crippen molar-refractivity contribution in [2.24, 2.45) is 0 Å². The van der Waals surface area contributed by atoms with Crippen molar-refractivity contribution in [3.63, 3.8) is 0 Å². The predicted molar refractivity (Wildman–Crippen MR) is 63.1 cm³/mol. The molecule has 16 heavy (non-hydrogen) atoms. The van der Waals surface area contributed by atoms with E-state index in [2.05, 4.69) is 12.7 Å². The number of carbonyl (C=O) groups is 1. The van der Waals surface area contributed by atoms with Crippen molar-refractivity contribution in [2.75, 3.05) is 6.54 Å². The van der Waals surface area contributed by atoms with Crippen LogP contribution in [0.3, 0.4) is 0 Å². The van der Waals surface area contributed by atoms with E-state index in [1.54, 1.807) is 0 Å². The summed E-state index contributed by atoms with van der Waals surface area (Å²) < 4.78 is 0. The summed E-state index contributed by atoms with van der Waals surface area (Å²) in [5.41, 5.74) is 4.53. The van der Waals surface area contributed by atoms with Crippen LogP contribution in [0.25, 0.3) is 6.08 Å². The van der Waals surface area contributed by atoms with E-state index in [-0.39, 0.29) is 0 Å². The molecule has 88 valence electrons. The van der Waals surface area contributed by atoms with Gasteiger partial charge in [-0.15, -0.1) is 0 Å². The molecule has 0 spiro atoms. The fourth-order valence-corrected chi connectivity index (χ4v) is 0.978. The fraction of sp³-hybridized carbons (Fsp3) is 0.308. The Labute approximate surface area is 96.6 Å². The number of hydrogen-bond donors (Lipinski definition) is 1. The lowest BCUT2D eigenvalue weighted by atomic mass is 10.2. The van der Waals surface area contributed by atoms with Gasteiger partial charge in [0.05, 0.1) is 12.5 Å². The van der Waals surface area contributed by atoms with Crippen molar-refractivity contribution in [3.8, 4) is 0 Å². The van der Waals surface area contributed by atoms with Gasteiger partial charge in [0.2, 0.25) is 0 Å². The average Bonchev–Trinajstić information content (AvgIpc) is 2.30. The topological polar surface area (TPSA) is 67.8 Å². The Balaban J connectivity index is 0.000000385. The van der Waals surface area contributed by atoms with E-state index in [0.717, 1.165) is 18.2 Å². The SMILES string of the molecule is CCCC[NH3+].O=C([O-])/C=C/c1ccccc1. The number of hydrogen-bond acceptors (Lipinski definition) is 2. The number of aliphatic carboxylic acids is 1. The molecule has 0 bridgehead atoms. The second-order valence-electron chi connectivity index (χ2n) is 3.27. The average molecular weight is 221 g/mol. The fourth-order valence-electron chi connectivity index (χ4n) is 0.978. The summed E-state index contributed by atoms with van der Waals surface area (Å²) in [6, 6.07) is 9.19. The van der Waals surface area contributed by atoms with Crippen LogP contribution in [0.4, 0.5) is 0 Å². The lowest BCUT2D eigenvalue weighted by Gasteiger charge is -1.91. The van der Waals surface area contributed by atoms with Gasteiger partial charge in [-0.1, -0.05) is 49.8 Å². The van der Waals surface area contributed by atoms with E-state index >= 15 is 0 Å². The van der Waals surface area contributed by atoms with Crippen molar-refractivity contribution in [2.45, 2.75) is 19.8 Å². The Morgan fingerprint density at radius 3 is 2.38 bits per heavy atom. The molecule has 3 nitrogen and oxygen atoms in total. The standard InChI is InChI=1S/C9H8O2.C4H11N/c10-9(11)7-6-8-4-2-1-3-5-8;1-2-3-4-5/h1-7H,(H,10,11);2-5H2,1H3/b7-6+;. The van der Waals surface area contributed by atoms with Gasteiger partial charge in [-0.25, -0.2) is 0 Å². The number of carboxylic acid groups (broad SMARTS) is 1. The maximum absolute atomic E-state index is 9.97.